The second-order valence-corrected chi connectivity index (χ2v) is 4.03. The predicted octanol–water partition coefficient (Wildman–Crippen LogP) is 1.30. The number of hydrogen-bond donors (Lipinski definition) is 1. The Kier molecular flexibility index (Phi) is 4.78. The molecule has 0 heterocycles. The summed E-state index contributed by atoms with van der Waals surface area (Å²) in [6.07, 6.45) is -0.137. The smallest absolute Gasteiger partial charge is 0.245 e. The molecule has 0 unspecified atom stereocenters. The largest absolute Gasteiger partial charge is 0.299 e. The van der Waals surface area contributed by atoms with Crippen LogP contribution in [0.5, 0.6) is 0 Å². The molecular weight excluding hydrogens is 236 g/mol. The summed E-state index contributed by atoms with van der Waals surface area (Å²) in [5, 5.41) is 1.44. The van der Waals surface area contributed by atoms with E-state index in [9.17, 15) is 9.59 Å². The van der Waals surface area contributed by atoms with E-state index >= 15 is 0 Å². The van der Waals surface area contributed by atoms with Crippen molar-refractivity contribution in [3.8, 4) is 0 Å². The lowest BCUT2D eigenvalue weighted by atomic mass is 10.2. The quantitative estimate of drug-likeness (QED) is 0.499. The van der Waals surface area contributed by atoms with Crippen LogP contribution in [-0.4, -0.2) is 28.7 Å². The monoisotopic (exact) mass is 250 g/mol. The number of rotatable bonds is 3. The summed E-state index contributed by atoms with van der Waals surface area (Å²) < 4.78 is 0. The summed E-state index contributed by atoms with van der Waals surface area (Å²) in [5.74, 6) is -0.542. The minimum absolute atomic E-state index is 0.137. The molecule has 4 nitrogen and oxygen atoms in total. The van der Waals surface area contributed by atoms with Crippen molar-refractivity contribution in [1.29, 1.82) is 0 Å². The van der Waals surface area contributed by atoms with Gasteiger partial charge in [0.1, 0.15) is 10.8 Å². The van der Waals surface area contributed by atoms with Gasteiger partial charge in [-0.1, -0.05) is 42.5 Å². The number of nitrogens with zero attached hydrogens (tertiary/aromatic N) is 1. The van der Waals surface area contributed by atoms with Gasteiger partial charge in [-0.3, -0.25) is 20.0 Å². The van der Waals surface area contributed by atoms with Crippen molar-refractivity contribution in [3.63, 3.8) is 0 Å². The Hall–Kier alpha value is -1.75. The molecule has 0 aliphatic carbocycles. The van der Waals surface area contributed by atoms with Gasteiger partial charge in [0, 0.05) is 12.6 Å². The maximum Gasteiger partial charge on any atom is 0.245 e. The molecule has 1 aromatic rings. The third kappa shape index (κ3) is 4.32. The zero-order chi connectivity index (χ0) is 12.8. The van der Waals surface area contributed by atoms with Gasteiger partial charge in [0.25, 0.3) is 0 Å². The molecule has 0 fully saturated rings. The summed E-state index contributed by atoms with van der Waals surface area (Å²) in [6.45, 7) is 1.37. The Morgan fingerprint density at radius 2 is 1.88 bits per heavy atom. The molecule has 0 aliphatic rings. The van der Waals surface area contributed by atoms with Crippen LogP contribution in [0.2, 0.25) is 0 Å². The molecule has 17 heavy (non-hydrogen) atoms. The van der Waals surface area contributed by atoms with Crippen LogP contribution >= 0.6 is 12.2 Å². The highest BCUT2D eigenvalue weighted by atomic mass is 32.1. The van der Waals surface area contributed by atoms with Crippen LogP contribution in [0.1, 0.15) is 18.9 Å². The Labute approximate surface area is 106 Å². The average Bonchev–Trinajstić information content (AvgIpc) is 2.28. The highest BCUT2D eigenvalue weighted by Gasteiger charge is 2.11. The number of carbonyl (C=O) groups excluding carboxylic acids is 2. The molecule has 1 N–H and O–H groups in total. The van der Waals surface area contributed by atoms with Crippen LogP contribution < -0.4 is 5.43 Å². The number of carbonyl (C=O) groups is 2. The number of nitrogens with one attached hydrogen (secondary N) is 1. The summed E-state index contributed by atoms with van der Waals surface area (Å²) >= 11 is 5.20. The van der Waals surface area contributed by atoms with Crippen molar-refractivity contribution < 1.29 is 9.59 Å². The summed E-state index contributed by atoms with van der Waals surface area (Å²) in [7, 11) is 1.65. The van der Waals surface area contributed by atoms with Crippen LogP contribution in [0.4, 0.5) is 0 Å². The van der Waals surface area contributed by atoms with E-state index in [0.29, 0.717) is 4.99 Å². The first-order valence-electron chi connectivity index (χ1n) is 5.12. The number of hydrogen-bond acceptors (Lipinski definition) is 3. The fourth-order valence-corrected chi connectivity index (χ4v) is 1.46. The van der Waals surface area contributed by atoms with Crippen molar-refractivity contribution in [2.75, 3.05) is 7.05 Å². The van der Waals surface area contributed by atoms with Gasteiger partial charge in [-0.05, 0) is 6.92 Å². The maximum absolute atomic E-state index is 11.4. The van der Waals surface area contributed by atoms with Crippen molar-refractivity contribution in [3.05, 3.63) is 35.9 Å². The summed E-state index contributed by atoms with van der Waals surface area (Å²) in [6, 6.07) is 9.34. The van der Waals surface area contributed by atoms with E-state index in [2.05, 4.69) is 5.43 Å². The molecule has 0 atom stereocenters. The highest BCUT2D eigenvalue weighted by molar-refractivity contribution is 7.80. The lowest BCUT2D eigenvalue weighted by molar-refractivity contribution is -0.129. The molecule has 0 saturated carbocycles. The van der Waals surface area contributed by atoms with Crippen LogP contribution in [0.25, 0.3) is 0 Å². The fourth-order valence-electron chi connectivity index (χ4n) is 1.28. The molecule has 0 aromatic heterocycles. The molecule has 0 bridgehead atoms. The molecule has 90 valence electrons. The van der Waals surface area contributed by atoms with Gasteiger partial charge in [0.15, 0.2) is 0 Å². The standard InChI is InChI=1S/C12H14N2O2S/c1-9(15)8-11(16)13-14(2)12(17)10-6-4-3-5-7-10/h3-7H,8H2,1-2H3,(H,13,16). The first-order valence-corrected chi connectivity index (χ1v) is 5.53. The van der Waals surface area contributed by atoms with Gasteiger partial charge in [-0.2, -0.15) is 0 Å². The Morgan fingerprint density at radius 1 is 1.29 bits per heavy atom. The summed E-state index contributed by atoms with van der Waals surface area (Å²) in [4.78, 5) is 22.6. The van der Waals surface area contributed by atoms with E-state index in [1.54, 1.807) is 7.05 Å². The number of ketones is 1. The van der Waals surface area contributed by atoms with E-state index in [1.165, 1.54) is 11.9 Å². The van der Waals surface area contributed by atoms with Gasteiger partial charge in [-0.15, -0.1) is 0 Å². The molecule has 0 spiro atoms. The van der Waals surface area contributed by atoms with Crippen LogP contribution in [0.3, 0.4) is 0 Å². The van der Waals surface area contributed by atoms with Crippen molar-refractivity contribution >= 4 is 28.9 Å². The van der Waals surface area contributed by atoms with Gasteiger partial charge < -0.3 is 0 Å². The van der Waals surface area contributed by atoms with Crippen molar-refractivity contribution in [2.45, 2.75) is 13.3 Å². The van der Waals surface area contributed by atoms with Gasteiger partial charge in [-0.25, -0.2) is 0 Å². The molecule has 0 aliphatic heterocycles. The molecule has 1 aromatic carbocycles. The van der Waals surface area contributed by atoms with E-state index in [1.807, 2.05) is 30.3 Å². The van der Waals surface area contributed by atoms with E-state index in [0.717, 1.165) is 5.56 Å². The average molecular weight is 250 g/mol. The first-order chi connectivity index (χ1) is 8.00. The predicted molar refractivity (Wildman–Crippen MR) is 69.3 cm³/mol. The molecule has 1 rings (SSSR count). The van der Waals surface area contributed by atoms with Crippen molar-refractivity contribution in [2.24, 2.45) is 0 Å². The Morgan fingerprint density at radius 3 is 2.41 bits per heavy atom. The SMILES string of the molecule is CC(=O)CC(=O)NN(C)C(=S)c1ccccc1. The van der Waals surface area contributed by atoms with Gasteiger partial charge >= 0.3 is 0 Å². The first kappa shape index (κ1) is 13.3. The second kappa shape index (κ2) is 6.10. The zero-order valence-corrected chi connectivity index (χ0v) is 10.6. The molecular formula is C12H14N2O2S. The zero-order valence-electron chi connectivity index (χ0n) is 9.77. The van der Waals surface area contributed by atoms with E-state index in [4.69, 9.17) is 12.2 Å². The van der Waals surface area contributed by atoms with E-state index in [-0.39, 0.29) is 18.1 Å². The summed E-state index contributed by atoms with van der Waals surface area (Å²) in [5.41, 5.74) is 3.38. The fraction of sp³-hybridized carbons (Fsp3) is 0.250. The Bertz CT molecular complexity index is 431. The second-order valence-electron chi connectivity index (χ2n) is 3.64. The number of hydrazine groups is 1. The van der Waals surface area contributed by atoms with Crippen LogP contribution in [0.15, 0.2) is 30.3 Å². The normalized spacial score (nSPS) is 9.53. The van der Waals surface area contributed by atoms with Crippen molar-refractivity contribution in [1.82, 2.24) is 10.4 Å². The highest BCUT2D eigenvalue weighted by Crippen LogP contribution is 2.03. The minimum Gasteiger partial charge on any atom is -0.299 e. The molecule has 0 radical (unpaired) electrons. The molecule has 5 heteroatoms. The number of thiocarbonyl (C=S) groups is 1. The number of amides is 1. The van der Waals surface area contributed by atoms with Gasteiger partial charge in [0.05, 0.1) is 6.42 Å². The number of benzene rings is 1. The van der Waals surface area contributed by atoms with Gasteiger partial charge in [0.2, 0.25) is 5.91 Å². The number of Topliss-reactive ketones (excluding diaryl/α,β-unsaturated/α-hetero) is 1. The molecule has 1 amide bonds. The topological polar surface area (TPSA) is 49.4 Å². The van der Waals surface area contributed by atoms with Crippen LogP contribution in [0, 0.1) is 0 Å². The third-order valence-electron chi connectivity index (χ3n) is 2.03. The maximum atomic E-state index is 11.4. The Balaban J connectivity index is 2.59. The lowest BCUT2D eigenvalue weighted by Crippen LogP contribution is -2.43. The molecule has 0 saturated heterocycles. The van der Waals surface area contributed by atoms with E-state index < -0.39 is 0 Å². The minimum atomic E-state index is -0.363. The third-order valence-corrected chi connectivity index (χ3v) is 2.54. The van der Waals surface area contributed by atoms with Crippen LogP contribution in [-0.2, 0) is 9.59 Å². The lowest BCUT2D eigenvalue weighted by Gasteiger charge is -2.20.